The lowest BCUT2D eigenvalue weighted by Gasteiger charge is -2.50. The molecule has 7 rings (SSSR count). The number of halogens is 2. The van der Waals surface area contributed by atoms with Gasteiger partial charge in [-0.3, -0.25) is 24.6 Å². The van der Waals surface area contributed by atoms with Gasteiger partial charge < -0.3 is 20.3 Å². The molecule has 0 bridgehead atoms. The standard InChI is InChI=1S/C35H30Cl2N4O8/c1-48-18-6-3-16(4-7-18)35-24(31(44)41(33(35)46)39-26-11-5-17(36)13-25(26)37)15-22-20(29(35)23-14-19(49-2)8-12-27(23)42)9-10-21-28(22)32(45)40(30(21)43)34(38)47/h3-9,11-14,21-22,24,28-29,39,42H,10,15H2,1-2H3,(H2,38,47)/t21-,22+,24-,28-,29+,35+/m0/s1. The van der Waals surface area contributed by atoms with Gasteiger partial charge in [0.05, 0.1) is 48.1 Å². The molecule has 252 valence electrons. The van der Waals surface area contributed by atoms with Gasteiger partial charge in [-0.15, -0.1) is 0 Å². The maximum absolute atomic E-state index is 15.2. The number of hydrogen-bond acceptors (Lipinski definition) is 9. The third-order valence-corrected chi connectivity index (χ3v) is 10.9. The molecule has 14 heteroatoms. The number of urea groups is 1. The van der Waals surface area contributed by atoms with Crippen LogP contribution in [0.15, 0.2) is 72.3 Å². The first-order valence-electron chi connectivity index (χ1n) is 15.4. The summed E-state index contributed by atoms with van der Waals surface area (Å²) in [5.74, 6) is -6.90. The largest absolute Gasteiger partial charge is 0.508 e. The number of phenols is 1. The second-order valence-electron chi connectivity index (χ2n) is 12.5. The van der Waals surface area contributed by atoms with Gasteiger partial charge >= 0.3 is 6.03 Å². The zero-order chi connectivity index (χ0) is 34.9. The molecule has 4 aliphatic rings. The van der Waals surface area contributed by atoms with Gasteiger partial charge in [-0.25, -0.2) is 4.79 Å². The molecule has 3 fully saturated rings. The van der Waals surface area contributed by atoms with Crippen LogP contribution in [-0.2, 0) is 24.6 Å². The molecule has 0 unspecified atom stereocenters. The van der Waals surface area contributed by atoms with E-state index in [1.807, 2.05) is 0 Å². The third-order valence-electron chi connectivity index (χ3n) is 10.3. The number of likely N-dealkylation sites (tertiary alicyclic amines) is 1. The summed E-state index contributed by atoms with van der Waals surface area (Å²) < 4.78 is 10.9. The number of primary amides is 1. The van der Waals surface area contributed by atoms with Gasteiger partial charge in [0, 0.05) is 16.5 Å². The summed E-state index contributed by atoms with van der Waals surface area (Å²) in [4.78, 5) is 69.7. The number of benzene rings is 3. The normalized spacial score (nSPS) is 27.3. The first-order chi connectivity index (χ1) is 23.4. The van der Waals surface area contributed by atoms with Gasteiger partial charge in [-0.2, -0.15) is 9.91 Å². The van der Waals surface area contributed by atoms with E-state index in [1.54, 1.807) is 48.5 Å². The smallest absolute Gasteiger partial charge is 0.328 e. The first-order valence-corrected chi connectivity index (χ1v) is 16.2. The summed E-state index contributed by atoms with van der Waals surface area (Å²) in [7, 11) is 2.96. The molecule has 0 aromatic heterocycles. The topological polar surface area (TPSA) is 169 Å². The molecule has 4 N–H and O–H groups in total. The quantitative estimate of drug-likeness (QED) is 0.242. The van der Waals surface area contributed by atoms with Crippen LogP contribution in [0.25, 0.3) is 0 Å². The van der Waals surface area contributed by atoms with Crippen LogP contribution in [0.4, 0.5) is 10.5 Å². The highest BCUT2D eigenvalue weighted by atomic mass is 35.5. The minimum Gasteiger partial charge on any atom is -0.508 e. The minimum atomic E-state index is -1.69. The van der Waals surface area contributed by atoms with Crippen LogP contribution in [0.2, 0.25) is 10.0 Å². The molecule has 2 heterocycles. The van der Waals surface area contributed by atoms with Gasteiger partial charge in [0.1, 0.15) is 17.2 Å². The number of nitrogens with two attached hydrogens (primary N) is 1. The molecule has 0 radical (unpaired) electrons. The summed E-state index contributed by atoms with van der Waals surface area (Å²) in [6, 6.07) is 14.7. The van der Waals surface area contributed by atoms with Crippen LogP contribution in [0.1, 0.15) is 29.9 Å². The van der Waals surface area contributed by atoms with Crippen molar-refractivity contribution in [2.24, 2.45) is 29.4 Å². The second kappa shape index (κ2) is 11.8. The molecule has 6 amide bonds. The number of hydrazine groups is 1. The predicted molar refractivity (Wildman–Crippen MR) is 177 cm³/mol. The number of imide groups is 4. The van der Waals surface area contributed by atoms with Crippen molar-refractivity contribution in [1.29, 1.82) is 0 Å². The second-order valence-corrected chi connectivity index (χ2v) is 13.3. The van der Waals surface area contributed by atoms with Crippen molar-refractivity contribution in [1.82, 2.24) is 9.91 Å². The zero-order valence-corrected chi connectivity index (χ0v) is 27.7. The molecule has 1 saturated carbocycles. The zero-order valence-electron chi connectivity index (χ0n) is 26.2. The lowest BCUT2D eigenvalue weighted by Crippen LogP contribution is -2.53. The molecule has 3 aromatic carbocycles. The Morgan fingerprint density at radius 3 is 2.27 bits per heavy atom. The van der Waals surface area contributed by atoms with E-state index in [-0.39, 0.29) is 34.9 Å². The van der Waals surface area contributed by atoms with E-state index < -0.39 is 64.7 Å². The van der Waals surface area contributed by atoms with Crippen molar-refractivity contribution in [3.05, 3.63) is 93.5 Å². The summed E-state index contributed by atoms with van der Waals surface area (Å²) >= 11 is 12.6. The highest BCUT2D eigenvalue weighted by Gasteiger charge is 2.71. The van der Waals surface area contributed by atoms with Crippen LogP contribution in [0.3, 0.4) is 0 Å². The van der Waals surface area contributed by atoms with Gasteiger partial charge in [0.25, 0.3) is 11.8 Å². The molecular weight excluding hydrogens is 675 g/mol. The van der Waals surface area contributed by atoms with Crippen LogP contribution in [0.5, 0.6) is 17.2 Å². The predicted octanol–water partition coefficient (Wildman–Crippen LogP) is 4.78. The monoisotopic (exact) mass is 704 g/mol. The lowest BCUT2D eigenvalue weighted by molar-refractivity contribution is -0.139. The van der Waals surface area contributed by atoms with E-state index in [1.165, 1.54) is 32.4 Å². The van der Waals surface area contributed by atoms with E-state index >= 15 is 4.79 Å². The Balaban J connectivity index is 1.49. The number of allylic oxidation sites excluding steroid dienone is 2. The molecule has 12 nitrogen and oxygen atoms in total. The average Bonchev–Trinajstić information content (AvgIpc) is 3.47. The van der Waals surface area contributed by atoms with Crippen molar-refractivity contribution < 1.29 is 38.6 Å². The van der Waals surface area contributed by atoms with Crippen molar-refractivity contribution in [2.45, 2.75) is 24.2 Å². The number of anilines is 1. The van der Waals surface area contributed by atoms with E-state index in [9.17, 15) is 24.3 Å². The number of ether oxygens (including phenoxy) is 2. The number of nitrogens with one attached hydrogen (secondary N) is 1. The number of phenolic OH excluding ortho intramolecular Hbond substituents is 1. The number of nitrogens with zero attached hydrogens (tertiary/aromatic N) is 2. The van der Waals surface area contributed by atoms with E-state index in [0.29, 0.717) is 32.6 Å². The van der Waals surface area contributed by atoms with Crippen molar-refractivity contribution in [3.63, 3.8) is 0 Å². The fourth-order valence-electron chi connectivity index (χ4n) is 8.30. The number of hydrogen-bond donors (Lipinski definition) is 3. The maximum Gasteiger partial charge on any atom is 0.328 e. The van der Waals surface area contributed by atoms with Crippen LogP contribution < -0.4 is 20.6 Å². The van der Waals surface area contributed by atoms with Crippen molar-refractivity contribution >= 4 is 58.5 Å². The Labute approximate surface area is 290 Å². The highest BCUT2D eigenvalue weighted by molar-refractivity contribution is 6.36. The summed E-state index contributed by atoms with van der Waals surface area (Å²) in [5.41, 5.74) is 8.21. The fraction of sp³-hybridized carbons (Fsp3) is 0.286. The SMILES string of the molecule is COc1ccc([C@@]23C(=O)N(Nc4ccc(Cl)cc4Cl)C(=O)[C@@H]2C[C@@H]2C(=CC[C@@H]4C(=O)N(C(N)=O)C(=O)[C@@H]42)[C@@H]3c2cc(OC)ccc2O)cc1. The van der Waals surface area contributed by atoms with E-state index in [2.05, 4.69) is 5.43 Å². The average molecular weight is 706 g/mol. The Morgan fingerprint density at radius 1 is 0.918 bits per heavy atom. The number of aromatic hydroxyl groups is 1. The third kappa shape index (κ3) is 4.68. The van der Waals surface area contributed by atoms with Crippen LogP contribution in [-0.4, -0.2) is 58.9 Å². The molecule has 2 saturated heterocycles. The van der Waals surface area contributed by atoms with E-state index in [4.69, 9.17) is 38.4 Å². The molecule has 6 atom stereocenters. The number of fused-ring (bicyclic) bond motifs is 4. The number of carbonyl (C=O) groups is 5. The molecule has 0 spiro atoms. The number of carbonyl (C=O) groups excluding carboxylic acids is 5. The van der Waals surface area contributed by atoms with Crippen LogP contribution in [0, 0.1) is 23.7 Å². The minimum absolute atomic E-state index is 0.0387. The van der Waals surface area contributed by atoms with Gasteiger partial charge in [-0.1, -0.05) is 47.0 Å². The van der Waals surface area contributed by atoms with Gasteiger partial charge in [0.15, 0.2) is 0 Å². The molecule has 2 aliphatic heterocycles. The molecular formula is C35H30Cl2N4O8. The summed E-state index contributed by atoms with van der Waals surface area (Å²) in [6.45, 7) is 0. The fourth-order valence-corrected chi connectivity index (χ4v) is 8.75. The molecule has 49 heavy (non-hydrogen) atoms. The summed E-state index contributed by atoms with van der Waals surface area (Å²) in [6.07, 6.45) is 1.82. The van der Waals surface area contributed by atoms with Crippen molar-refractivity contribution in [3.8, 4) is 17.2 Å². The maximum atomic E-state index is 15.2. The Bertz CT molecular complexity index is 1980. The summed E-state index contributed by atoms with van der Waals surface area (Å²) in [5, 5.41) is 12.9. The number of rotatable bonds is 6. The molecule has 2 aliphatic carbocycles. The van der Waals surface area contributed by atoms with Crippen LogP contribution >= 0.6 is 23.2 Å². The highest BCUT2D eigenvalue weighted by Crippen LogP contribution is 2.65. The van der Waals surface area contributed by atoms with Gasteiger partial charge in [0.2, 0.25) is 11.8 Å². The van der Waals surface area contributed by atoms with Crippen molar-refractivity contribution in [2.75, 3.05) is 19.6 Å². The number of amides is 6. The molecule has 3 aromatic rings. The lowest BCUT2D eigenvalue weighted by atomic mass is 9.49. The number of methoxy groups -OCH3 is 2. The van der Waals surface area contributed by atoms with E-state index in [0.717, 1.165) is 5.01 Å². The Morgan fingerprint density at radius 2 is 1.61 bits per heavy atom. The first kappa shape index (κ1) is 32.5. The van der Waals surface area contributed by atoms with Gasteiger partial charge in [-0.05, 0) is 72.9 Å². The Kier molecular flexibility index (Phi) is 7.83. The Hall–Kier alpha value is -5.07.